The molecule has 0 aliphatic carbocycles. The number of aromatic nitrogens is 1. The van der Waals surface area contributed by atoms with Crippen molar-refractivity contribution >= 4 is 39.2 Å². The Balaban J connectivity index is 1.53. The van der Waals surface area contributed by atoms with Crippen molar-refractivity contribution in [1.82, 2.24) is 4.98 Å². The van der Waals surface area contributed by atoms with Gasteiger partial charge >= 0.3 is 0 Å². The Hall–Kier alpha value is -3.76. The van der Waals surface area contributed by atoms with Gasteiger partial charge in [0.05, 0.1) is 41.5 Å². The van der Waals surface area contributed by atoms with Crippen molar-refractivity contribution < 1.29 is 14.4 Å². The molecule has 1 atom stereocenters. The number of nitro benzene ring substituents is 1. The van der Waals surface area contributed by atoms with Gasteiger partial charge in [0, 0.05) is 29.5 Å². The van der Waals surface area contributed by atoms with Gasteiger partial charge in [-0.1, -0.05) is 24.3 Å². The average molecular weight is 493 g/mol. The van der Waals surface area contributed by atoms with Gasteiger partial charge in [-0.2, -0.15) is 5.10 Å². The standard InChI is InChI=1S/C24H20N4O4S2/c1-31-21-9-8-16(12-22(21)32-2)20-13-18(23-7-4-10-33-23)26-27(20)24-25-19(14-34-24)15-5-3-6-17(11-15)28(29)30/h3-12,14,20H,13H2,1-2H3. The second-order valence-electron chi connectivity index (χ2n) is 7.53. The molecule has 0 fully saturated rings. The molecule has 0 saturated heterocycles. The third kappa shape index (κ3) is 4.13. The molecule has 8 nitrogen and oxygen atoms in total. The first-order valence-corrected chi connectivity index (χ1v) is 12.2. The Bertz CT molecular complexity index is 1370. The van der Waals surface area contributed by atoms with Crippen molar-refractivity contribution in [2.45, 2.75) is 12.5 Å². The minimum absolute atomic E-state index is 0.0365. The fraction of sp³-hybridized carbons (Fsp3) is 0.167. The summed E-state index contributed by atoms with van der Waals surface area (Å²) < 4.78 is 10.9. The van der Waals surface area contributed by atoms with E-state index in [0.29, 0.717) is 34.3 Å². The molecule has 1 aliphatic heterocycles. The van der Waals surface area contributed by atoms with E-state index in [1.54, 1.807) is 31.6 Å². The topological polar surface area (TPSA) is 90.1 Å². The van der Waals surface area contributed by atoms with E-state index in [2.05, 4.69) is 6.07 Å². The van der Waals surface area contributed by atoms with Crippen LogP contribution in [0, 0.1) is 10.1 Å². The van der Waals surface area contributed by atoms with Gasteiger partial charge in [0.2, 0.25) is 5.13 Å². The highest BCUT2D eigenvalue weighted by molar-refractivity contribution is 7.14. The highest BCUT2D eigenvalue weighted by Crippen LogP contribution is 2.42. The van der Waals surface area contributed by atoms with E-state index in [1.807, 2.05) is 46.1 Å². The maximum atomic E-state index is 11.2. The molecule has 0 spiro atoms. The number of hydrazone groups is 1. The maximum Gasteiger partial charge on any atom is 0.270 e. The third-order valence-electron chi connectivity index (χ3n) is 5.55. The summed E-state index contributed by atoms with van der Waals surface area (Å²) >= 11 is 3.11. The van der Waals surface area contributed by atoms with E-state index >= 15 is 0 Å². The van der Waals surface area contributed by atoms with Gasteiger partial charge in [-0.25, -0.2) is 9.99 Å². The number of hydrogen-bond donors (Lipinski definition) is 0. The third-order valence-corrected chi connectivity index (χ3v) is 7.30. The number of nitro groups is 1. The zero-order chi connectivity index (χ0) is 23.7. The normalized spacial score (nSPS) is 15.3. The van der Waals surface area contributed by atoms with Crippen LogP contribution in [0.3, 0.4) is 0 Å². The number of thiazole rings is 1. The van der Waals surface area contributed by atoms with Gasteiger partial charge in [-0.3, -0.25) is 10.1 Å². The molecular formula is C24H20N4O4S2. The van der Waals surface area contributed by atoms with E-state index in [1.165, 1.54) is 23.5 Å². The number of thiophene rings is 1. The predicted molar refractivity (Wildman–Crippen MR) is 134 cm³/mol. The molecule has 2 aromatic carbocycles. The molecule has 1 unspecified atom stereocenters. The molecule has 172 valence electrons. The van der Waals surface area contributed by atoms with Crippen LogP contribution in [0.1, 0.15) is 22.9 Å². The number of methoxy groups -OCH3 is 2. The van der Waals surface area contributed by atoms with Crippen molar-refractivity contribution in [3.8, 4) is 22.8 Å². The second-order valence-corrected chi connectivity index (χ2v) is 9.31. The monoisotopic (exact) mass is 492 g/mol. The van der Waals surface area contributed by atoms with Crippen molar-refractivity contribution in [2.24, 2.45) is 5.10 Å². The second kappa shape index (κ2) is 9.24. The van der Waals surface area contributed by atoms with Crippen molar-refractivity contribution in [1.29, 1.82) is 0 Å². The molecule has 0 radical (unpaired) electrons. The van der Waals surface area contributed by atoms with E-state index in [9.17, 15) is 10.1 Å². The summed E-state index contributed by atoms with van der Waals surface area (Å²) in [6.07, 6.45) is 0.710. The van der Waals surface area contributed by atoms with Gasteiger partial charge in [0.15, 0.2) is 11.5 Å². The number of hydrogen-bond acceptors (Lipinski definition) is 9. The fourth-order valence-corrected chi connectivity index (χ4v) is 5.43. The van der Waals surface area contributed by atoms with E-state index in [-0.39, 0.29) is 11.7 Å². The van der Waals surface area contributed by atoms with Crippen LogP contribution in [-0.2, 0) is 0 Å². The molecule has 0 saturated carbocycles. The van der Waals surface area contributed by atoms with E-state index < -0.39 is 4.92 Å². The molecule has 2 aromatic heterocycles. The molecular weight excluding hydrogens is 472 g/mol. The van der Waals surface area contributed by atoms with Crippen LogP contribution in [0.2, 0.25) is 0 Å². The Morgan fingerprint density at radius 1 is 1.06 bits per heavy atom. The first-order valence-electron chi connectivity index (χ1n) is 10.4. The fourth-order valence-electron chi connectivity index (χ4n) is 3.88. The number of nitrogens with zero attached hydrogens (tertiary/aromatic N) is 4. The van der Waals surface area contributed by atoms with Crippen LogP contribution in [-0.4, -0.2) is 29.8 Å². The van der Waals surface area contributed by atoms with Gasteiger partial charge in [-0.15, -0.1) is 22.7 Å². The summed E-state index contributed by atoms with van der Waals surface area (Å²) in [5.41, 5.74) is 3.42. The minimum Gasteiger partial charge on any atom is -0.493 e. The summed E-state index contributed by atoms with van der Waals surface area (Å²) in [5.74, 6) is 1.32. The predicted octanol–water partition coefficient (Wildman–Crippen LogP) is 6.15. The number of anilines is 1. The summed E-state index contributed by atoms with van der Waals surface area (Å²) in [4.78, 5) is 16.7. The van der Waals surface area contributed by atoms with Crippen LogP contribution < -0.4 is 14.5 Å². The minimum atomic E-state index is -0.401. The number of non-ortho nitro benzene ring substituents is 1. The zero-order valence-corrected chi connectivity index (χ0v) is 20.0. The van der Waals surface area contributed by atoms with Gasteiger partial charge in [0.25, 0.3) is 5.69 Å². The van der Waals surface area contributed by atoms with Crippen molar-refractivity contribution in [3.63, 3.8) is 0 Å². The highest BCUT2D eigenvalue weighted by Gasteiger charge is 2.32. The largest absolute Gasteiger partial charge is 0.493 e. The Morgan fingerprint density at radius 2 is 1.91 bits per heavy atom. The Labute approximate surface area is 203 Å². The summed E-state index contributed by atoms with van der Waals surface area (Å²) in [5, 5.41) is 22.7. The molecule has 0 bridgehead atoms. The van der Waals surface area contributed by atoms with Crippen LogP contribution in [0.5, 0.6) is 11.5 Å². The number of ether oxygens (including phenoxy) is 2. The molecule has 4 aromatic rings. The number of rotatable bonds is 7. The molecule has 10 heteroatoms. The molecule has 3 heterocycles. The summed E-state index contributed by atoms with van der Waals surface area (Å²) in [6.45, 7) is 0. The molecule has 1 aliphatic rings. The van der Waals surface area contributed by atoms with Gasteiger partial charge in [0.1, 0.15) is 0 Å². The van der Waals surface area contributed by atoms with Crippen LogP contribution >= 0.6 is 22.7 Å². The quantitative estimate of drug-likeness (QED) is 0.227. The first kappa shape index (κ1) is 22.1. The lowest BCUT2D eigenvalue weighted by atomic mass is 10.0. The smallest absolute Gasteiger partial charge is 0.270 e. The zero-order valence-electron chi connectivity index (χ0n) is 18.4. The first-order chi connectivity index (χ1) is 16.6. The Kier molecular flexibility index (Phi) is 5.99. The van der Waals surface area contributed by atoms with Crippen LogP contribution in [0.15, 0.2) is 70.5 Å². The van der Waals surface area contributed by atoms with Crippen LogP contribution in [0.4, 0.5) is 10.8 Å². The molecule has 0 amide bonds. The summed E-state index contributed by atoms with van der Waals surface area (Å²) in [7, 11) is 3.23. The number of benzene rings is 2. The lowest BCUT2D eigenvalue weighted by Gasteiger charge is -2.22. The Morgan fingerprint density at radius 3 is 2.65 bits per heavy atom. The molecule has 5 rings (SSSR count). The van der Waals surface area contributed by atoms with Crippen LogP contribution in [0.25, 0.3) is 11.3 Å². The van der Waals surface area contributed by atoms with Gasteiger partial charge in [-0.05, 0) is 29.1 Å². The lowest BCUT2D eigenvalue weighted by Crippen LogP contribution is -2.18. The van der Waals surface area contributed by atoms with Crippen molar-refractivity contribution in [2.75, 3.05) is 19.2 Å². The SMILES string of the molecule is COc1ccc(C2CC(c3cccs3)=NN2c2nc(-c3cccc([N+](=O)[O-])c3)cs2)cc1OC. The van der Waals surface area contributed by atoms with Gasteiger partial charge < -0.3 is 9.47 Å². The summed E-state index contributed by atoms with van der Waals surface area (Å²) in [6, 6.07) is 16.4. The van der Waals surface area contributed by atoms with E-state index in [0.717, 1.165) is 16.2 Å². The maximum absolute atomic E-state index is 11.2. The average Bonchev–Trinajstić information content (AvgIpc) is 3.63. The lowest BCUT2D eigenvalue weighted by molar-refractivity contribution is -0.384. The highest BCUT2D eigenvalue weighted by atomic mass is 32.1. The molecule has 34 heavy (non-hydrogen) atoms. The van der Waals surface area contributed by atoms with Crippen molar-refractivity contribution in [3.05, 3.63) is 85.9 Å². The van der Waals surface area contributed by atoms with E-state index in [4.69, 9.17) is 19.6 Å². The molecule has 0 N–H and O–H groups in total.